The van der Waals surface area contributed by atoms with Crippen LogP contribution in [-0.2, 0) is 5.41 Å². The normalized spacial score (nSPS) is 12.7. The highest BCUT2D eigenvalue weighted by Crippen LogP contribution is 2.27. The fraction of sp³-hybridized carbons (Fsp3) is 0.267. The van der Waals surface area contributed by atoms with E-state index < -0.39 is 0 Å². The van der Waals surface area contributed by atoms with Crippen LogP contribution in [0.15, 0.2) is 52.8 Å². The van der Waals surface area contributed by atoms with Crippen LogP contribution in [0.2, 0.25) is 0 Å². The highest BCUT2D eigenvalue weighted by molar-refractivity contribution is 7.10. The molecule has 0 bridgehead atoms. The smallest absolute Gasteiger partial charge is 0.125 e. The summed E-state index contributed by atoms with van der Waals surface area (Å²) in [4.78, 5) is 5.86. The molecule has 0 saturated heterocycles. The van der Waals surface area contributed by atoms with E-state index in [4.69, 9.17) is 5.73 Å². The van der Waals surface area contributed by atoms with Gasteiger partial charge in [0.05, 0.1) is 6.54 Å². The van der Waals surface area contributed by atoms with Crippen LogP contribution in [0.5, 0.6) is 0 Å². The monoisotopic (exact) mass is 258 g/mol. The average molecular weight is 258 g/mol. The Hall–Kier alpha value is -1.61. The van der Waals surface area contributed by atoms with Crippen LogP contribution >= 0.6 is 11.3 Å². The van der Waals surface area contributed by atoms with E-state index >= 15 is 0 Å². The quantitative estimate of drug-likeness (QED) is 0.662. The first kappa shape index (κ1) is 12.8. The van der Waals surface area contributed by atoms with Crippen molar-refractivity contribution in [1.29, 1.82) is 0 Å². The second kappa shape index (κ2) is 5.36. The minimum atomic E-state index is 0.0353. The molecule has 3 heteroatoms. The van der Waals surface area contributed by atoms with Gasteiger partial charge in [0.15, 0.2) is 0 Å². The summed E-state index contributed by atoms with van der Waals surface area (Å²) in [6, 6.07) is 14.1. The van der Waals surface area contributed by atoms with Gasteiger partial charge in [0.2, 0.25) is 0 Å². The summed E-state index contributed by atoms with van der Waals surface area (Å²) in [7, 11) is 0. The minimum Gasteiger partial charge on any atom is -0.384 e. The van der Waals surface area contributed by atoms with Crippen LogP contribution in [0.25, 0.3) is 0 Å². The van der Waals surface area contributed by atoms with E-state index in [9.17, 15) is 0 Å². The number of aliphatic imine (C=N–C) groups is 1. The molecule has 0 fully saturated rings. The molecule has 2 N–H and O–H groups in total. The maximum atomic E-state index is 6.01. The SMILES string of the molecule is CC(C)(CN=C(N)c1ccccc1)c1cccs1. The number of thiophene rings is 1. The van der Waals surface area contributed by atoms with Crippen molar-refractivity contribution in [3.8, 4) is 0 Å². The van der Waals surface area contributed by atoms with Crippen molar-refractivity contribution in [3.05, 3.63) is 58.3 Å². The van der Waals surface area contributed by atoms with Gasteiger partial charge >= 0.3 is 0 Å². The van der Waals surface area contributed by atoms with Gasteiger partial charge in [-0.3, -0.25) is 4.99 Å². The van der Waals surface area contributed by atoms with Gasteiger partial charge in [0.25, 0.3) is 0 Å². The number of nitrogens with two attached hydrogens (primary N) is 1. The maximum Gasteiger partial charge on any atom is 0.125 e. The Labute approximate surface area is 112 Å². The van der Waals surface area contributed by atoms with E-state index in [2.05, 4.69) is 36.4 Å². The fourth-order valence-electron chi connectivity index (χ4n) is 1.72. The molecule has 0 atom stereocenters. The zero-order valence-electron chi connectivity index (χ0n) is 10.8. The van der Waals surface area contributed by atoms with Gasteiger partial charge in [0.1, 0.15) is 5.84 Å². The minimum absolute atomic E-state index is 0.0353. The Bertz CT molecular complexity index is 513. The molecule has 1 aromatic heterocycles. The van der Waals surface area contributed by atoms with Gasteiger partial charge in [-0.25, -0.2) is 0 Å². The Balaban J connectivity index is 2.11. The van der Waals surface area contributed by atoms with Gasteiger partial charge < -0.3 is 5.73 Å². The third-order valence-corrected chi connectivity index (χ3v) is 4.14. The van der Waals surface area contributed by atoms with E-state index in [1.165, 1.54) is 4.88 Å². The lowest BCUT2D eigenvalue weighted by atomic mass is 9.92. The largest absolute Gasteiger partial charge is 0.384 e. The predicted octanol–water partition coefficient (Wildman–Crippen LogP) is 3.43. The van der Waals surface area contributed by atoms with Crippen molar-refractivity contribution in [1.82, 2.24) is 0 Å². The van der Waals surface area contributed by atoms with Crippen LogP contribution < -0.4 is 5.73 Å². The van der Waals surface area contributed by atoms with Crippen LogP contribution in [0.3, 0.4) is 0 Å². The molecule has 2 rings (SSSR count). The topological polar surface area (TPSA) is 38.4 Å². The van der Waals surface area contributed by atoms with E-state index in [1.54, 1.807) is 11.3 Å². The number of hydrogen-bond acceptors (Lipinski definition) is 2. The molecule has 2 nitrogen and oxygen atoms in total. The molecule has 1 heterocycles. The van der Waals surface area contributed by atoms with Gasteiger partial charge in [-0.2, -0.15) is 0 Å². The predicted molar refractivity (Wildman–Crippen MR) is 79.4 cm³/mol. The van der Waals surface area contributed by atoms with Crippen LogP contribution in [0, 0.1) is 0 Å². The molecule has 0 spiro atoms. The van der Waals surface area contributed by atoms with Crippen molar-refractivity contribution < 1.29 is 0 Å². The van der Waals surface area contributed by atoms with E-state index in [0.717, 1.165) is 5.56 Å². The molecule has 0 aliphatic heterocycles. The zero-order chi connectivity index (χ0) is 13.0. The molecule has 0 unspecified atom stereocenters. The van der Waals surface area contributed by atoms with Crippen molar-refractivity contribution in [2.24, 2.45) is 10.7 Å². The summed E-state index contributed by atoms with van der Waals surface area (Å²) in [5.74, 6) is 0.611. The number of hydrogen-bond donors (Lipinski definition) is 1. The Morgan fingerprint density at radius 1 is 1.17 bits per heavy atom. The molecule has 0 saturated carbocycles. The van der Waals surface area contributed by atoms with Crippen molar-refractivity contribution in [2.75, 3.05) is 6.54 Å². The standard InChI is InChI=1S/C15H18N2S/c1-15(2,13-9-6-10-18-13)11-17-14(16)12-7-4-3-5-8-12/h3-10H,11H2,1-2H3,(H2,16,17). The van der Waals surface area contributed by atoms with E-state index in [-0.39, 0.29) is 5.41 Å². The molecule has 0 amide bonds. The second-order valence-corrected chi connectivity index (χ2v) is 5.88. The lowest BCUT2D eigenvalue weighted by molar-refractivity contribution is 0.552. The maximum absolute atomic E-state index is 6.01. The summed E-state index contributed by atoms with van der Waals surface area (Å²) in [6.07, 6.45) is 0. The first-order chi connectivity index (χ1) is 8.59. The van der Waals surface area contributed by atoms with E-state index in [1.807, 2.05) is 30.3 Å². The molecule has 0 aliphatic carbocycles. The Morgan fingerprint density at radius 2 is 1.89 bits per heavy atom. The van der Waals surface area contributed by atoms with E-state index in [0.29, 0.717) is 12.4 Å². The summed E-state index contributed by atoms with van der Waals surface area (Å²) >= 11 is 1.77. The van der Waals surface area contributed by atoms with Crippen molar-refractivity contribution >= 4 is 17.2 Å². The number of benzene rings is 1. The Kier molecular flexibility index (Phi) is 3.82. The second-order valence-electron chi connectivity index (χ2n) is 4.93. The zero-order valence-corrected chi connectivity index (χ0v) is 11.6. The molecule has 0 aliphatic rings. The average Bonchev–Trinajstić information content (AvgIpc) is 2.92. The summed E-state index contributed by atoms with van der Waals surface area (Å²) < 4.78 is 0. The molecular formula is C15H18N2S. The van der Waals surface area contributed by atoms with Gasteiger partial charge in [-0.1, -0.05) is 50.2 Å². The third-order valence-electron chi connectivity index (χ3n) is 2.90. The number of nitrogens with zero attached hydrogens (tertiary/aromatic N) is 1. The van der Waals surface area contributed by atoms with Gasteiger partial charge in [0, 0.05) is 15.9 Å². The van der Waals surface area contributed by atoms with Crippen molar-refractivity contribution in [3.63, 3.8) is 0 Å². The molecule has 18 heavy (non-hydrogen) atoms. The van der Waals surface area contributed by atoms with Crippen molar-refractivity contribution in [2.45, 2.75) is 19.3 Å². The summed E-state index contributed by atoms with van der Waals surface area (Å²) in [6.45, 7) is 5.09. The lowest BCUT2D eigenvalue weighted by Gasteiger charge is -2.20. The van der Waals surface area contributed by atoms with Gasteiger partial charge in [-0.15, -0.1) is 11.3 Å². The first-order valence-corrected chi connectivity index (χ1v) is 6.87. The molecule has 94 valence electrons. The Morgan fingerprint density at radius 3 is 2.50 bits per heavy atom. The lowest BCUT2D eigenvalue weighted by Crippen LogP contribution is -2.23. The fourth-order valence-corrected chi connectivity index (χ4v) is 2.57. The highest BCUT2D eigenvalue weighted by Gasteiger charge is 2.21. The molecule has 1 aromatic carbocycles. The summed E-state index contributed by atoms with van der Waals surface area (Å²) in [5.41, 5.74) is 7.03. The molecular weight excluding hydrogens is 240 g/mol. The van der Waals surface area contributed by atoms with Crippen LogP contribution in [-0.4, -0.2) is 12.4 Å². The van der Waals surface area contributed by atoms with Gasteiger partial charge in [-0.05, 0) is 11.4 Å². The summed E-state index contributed by atoms with van der Waals surface area (Å²) in [5, 5.41) is 2.10. The molecule has 2 aromatic rings. The highest BCUT2D eigenvalue weighted by atomic mass is 32.1. The third kappa shape index (κ3) is 2.99. The van der Waals surface area contributed by atoms with Crippen LogP contribution in [0.1, 0.15) is 24.3 Å². The number of amidine groups is 1. The van der Waals surface area contributed by atoms with Crippen LogP contribution in [0.4, 0.5) is 0 Å². The first-order valence-electron chi connectivity index (χ1n) is 5.99. The number of rotatable bonds is 4. The molecule has 0 radical (unpaired) electrons.